The largest absolute Gasteiger partial charge is 0.617 e. The summed E-state index contributed by atoms with van der Waals surface area (Å²) in [5, 5.41) is 8.83. The number of carbonyl (C=O) groups is 1. The minimum absolute atomic E-state index is 0.201. The van der Waals surface area contributed by atoms with Gasteiger partial charge in [-0.1, -0.05) is 22.5 Å². The SMILES string of the molecule is CN(C(=O)C(C)(C)C[S+](C)[O-])c1nnc(-c2cncc(F)c2)s1. The lowest BCUT2D eigenvalue weighted by atomic mass is 9.95. The van der Waals surface area contributed by atoms with E-state index in [1.165, 1.54) is 28.5 Å². The number of hydrogen-bond donors (Lipinski definition) is 0. The Bertz CT molecular complexity index is 706. The third kappa shape index (κ3) is 4.24. The fourth-order valence-electron chi connectivity index (χ4n) is 2.11. The molecule has 23 heavy (non-hydrogen) atoms. The number of anilines is 1. The Labute approximate surface area is 140 Å². The van der Waals surface area contributed by atoms with Crippen LogP contribution in [0.4, 0.5) is 9.52 Å². The van der Waals surface area contributed by atoms with Gasteiger partial charge in [-0.25, -0.2) is 4.39 Å². The topological polar surface area (TPSA) is 82.0 Å². The van der Waals surface area contributed by atoms with Gasteiger partial charge in [0, 0.05) is 18.8 Å². The van der Waals surface area contributed by atoms with Gasteiger partial charge in [0.05, 0.1) is 17.9 Å². The minimum atomic E-state index is -1.09. The average molecular weight is 356 g/mol. The number of rotatable bonds is 5. The lowest BCUT2D eigenvalue weighted by Gasteiger charge is -2.27. The van der Waals surface area contributed by atoms with E-state index in [0.29, 0.717) is 15.7 Å². The molecule has 0 aromatic carbocycles. The van der Waals surface area contributed by atoms with Crippen molar-refractivity contribution in [2.75, 3.05) is 24.0 Å². The van der Waals surface area contributed by atoms with Crippen molar-refractivity contribution >= 4 is 33.6 Å². The summed E-state index contributed by atoms with van der Waals surface area (Å²) in [6.07, 6.45) is 4.16. The van der Waals surface area contributed by atoms with Gasteiger partial charge < -0.3 is 4.55 Å². The van der Waals surface area contributed by atoms with Crippen molar-refractivity contribution in [1.82, 2.24) is 15.2 Å². The standard InChI is InChI=1S/C14H17FN4O2S2/c1-14(2,8-23(4)21)12(20)19(3)13-18-17-11(22-13)9-5-10(15)7-16-6-9/h5-7H,8H2,1-4H3. The van der Waals surface area contributed by atoms with Crippen molar-refractivity contribution in [2.45, 2.75) is 13.8 Å². The van der Waals surface area contributed by atoms with Crippen molar-refractivity contribution < 1.29 is 13.7 Å². The predicted molar refractivity (Wildman–Crippen MR) is 89.2 cm³/mol. The van der Waals surface area contributed by atoms with Crippen LogP contribution in [0.25, 0.3) is 10.6 Å². The van der Waals surface area contributed by atoms with Crippen LogP contribution in [-0.2, 0) is 16.0 Å². The van der Waals surface area contributed by atoms with Gasteiger partial charge in [-0.05, 0) is 19.9 Å². The second-order valence-electron chi connectivity index (χ2n) is 5.75. The molecule has 0 aliphatic carbocycles. The summed E-state index contributed by atoms with van der Waals surface area (Å²) >= 11 is 0.0807. The van der Waals surface area contributed by atoms with E-state index >= 15 is 0 Å². The van der Waals surface area contributed by atoms with E-state index in [9.17, 15) is 13.7 Å². The highest BCUT2D eigenvalue weighted by molar-refractivity contribution is 7.90. The molecule has 6 nitrogen and oxygen atoms in total. The van der Waals surface area contributed by atoms with Crippen molar-refractivity contribution in [2.24, 2.45) is 5.41 Å². The molecule has 0 bridgehead atoms. The average Bonchev–Trinajstić information content (AvgIpc) is 2.94. The molecule has 124 valence electrons. The molecule has 2 aromatic rings. The third-order valence-corrected chi connectivity index (χ3v) is 5.28. The number of hydrogen-bond acceptors (Lipinski definition) is 6. The van der Waals surface area contributed by atoms with E-state index in [4.69, 9.17) is 0 Å². The molecule has 2 heterocycles. The van der Waals surface area contributed by atoms with Gasteiger partial charge in [-0.15, -0.1) is 10.2 Å². The van der Waals surface area contributed by atoms with Gasteiger partial charge in [0.15, 0.2) is 5.01 Å². The number of amides is 1. The van der Waals surface area contributed by atoms with Gasteiger partial charge in [0.1, 0.15) is 11.6 Å². The monoisotopic (exact) mass is 356 g/mol. The molecule has 0 aliphatic rings. The van der Waals surface area contributed by atoms with Crippen LogP contribution in [-0.4, -0.2) is 44.7 Å². The summed E-state index contributed by atoms with van der Waals surface area (Å²) in [4.78, 5) is 17.7. The lowest BCUT2D eigenvalue weighted by molar-refractivity contribution is -0.125. The molecule has 0 radical (unpaired) electrons. The van der Waals surface area contributed by atoms with Crippen LogP contribution >= 0.6 is 11.3 Å². The Balaban J connectivity index is 2.21. The minimum Gasteiger partial charge on any atom is -0.617 e. The Kier molecular flexibility index (Phi) is 5.33. The highest BCUT2D eigenvalue weighted by Gasteiger charge is 2.35. The van der Waals surface area contributed by atoms with Crippen LogP contribution in [0.3, 0.4) is 0 Å². The van der Waals surface area contributed by atoms with Crippen LogP contribution in [0.1, 0.15) is 13.8 Å². The van der Waals surface area contributed by atoms with Gasteiger partial charge in [-0.2, -0.15) is 0 Å². The summed E-state index contributed by atoms with van der Waals surface area (Å²) in [6.45, 7) is 3.48. The van der Waals surface area contributed by atoms with Gasteiger partial charge in [0.25, 0.3) is 0 Å². The van der Waals surface area contributed by atoms with Crippen LogP contribution < -0.4 is 4.90 Å². The van der Waals surface area contributed by atoms with Crippen LogP contribution in [0.2, 0.25) is 0 Å². The first-order chi connectivity index (χ1) is 10.7. The molecule has 1 atom stereocenters. The van der Waals surface area contributed by atoms with Crippen molar-refractivity contribution in [1.29, 1.82) is 0 Å². The van der Waals surface area contributed by atoms with E-state index in [1.54, 1.807) is 27.2 Å². The molecule has 9 heteroatoms. The molecule has 0 fully saturated rings. The Morgan fingerprint density at radius 2 is 2.13 bits per heavy atom. The smallest absolute Gasteiger partial charge is 0.238 e. The van der Waals surface area contributed by atoms with Crippen LogP contribution in [0, 0.1) is 11.2 Å². The van der Waals surface area contributed by atoms with Crippen molar-refractivity contribution in [3.05, 3.63) is 24.3 Å². The Morgan fingerprint density at radius 1 is 1.43 bits per heavy atom. The first kappa shape index (κ1) is 17.8. The maximum Gasteiger partial charge on any atom is 0.238 e. The molecule has 2 aromatic heterocycles. The first-order valence-corrected chi connectivity index (χ1v) is 9.27. The zero-order valence-electron chi connectivity index (χ0n) is 13.2. The molecule has 0 saturated carbocycles. The number of halogens is 1. The molecular formula is C14H17FN4O2S2. The van der Waals surface area contributed by atoms with Crippen molar-refractivity contribution in [3.8, 4) is 10.6 Å². The van der Waals surface area contributed by atoms with Gasteiger partial charge in [0.2, 0.25) is 11.0 Å². The van der Waals surface area contributed by atoms with E-state index in [-0.39, 0.29) is 11.7 Å². The van der Waals surface area contributed by atoms with Crippen molar-refractivity contribution in [3.63, 3.8) is 0 Å². The maximum absolute atomic E-state index is 13.2. The molecule has 0 spiro atoms. The van der Waals surface area contributed by atoms with Crippen LogP contribution in [0.5, 0.6) is 0 Å². The van der Waals surface area contributed by atoms with E-state index < -0.39 is 22.4 Å². The summed E-state index contributed by atoms with van der Waals surface area (Å²) in [6, 6.07) is 1.31. The molecule has 0 aliphatic heterocycles. The zero-order valence-corrected chi connectivity index (χ0v) is 14.9. The molecular weight excluding hydrogens is 339 g/mol. The fraction of sp³-hybridized carbons (Fsp3) is 0.429. The number of pyridine rings is 1. The second-order valence-corrected chi connectivity index (χ2v) is 8.14. The molecule has 1 amide bonds. The Hall–Kier alpha value is -1.58. The van der Waals surface area contributed by atoms with Crippen LogP contribution in [0.15, 0.2) is 18.5 Å². The summed E-state index contributed by atoms with van der Waals surface area (Å²) in [5.74, 6) is -0.404. The highest BCUT2D eigenvalue weighted by atomic mass is 32.2. The van der Waals surface area contributed by atoms with Gasteiger partial charge in [-0.3, -0.25) is 14.7 Å². The maximum atomic E-state index is 13.2. The highest BCUT2D eigenvalue weighted by Crippen LogP contribution is 2.30. The number of aromatic nitrogens is 3. The predicted octanol–water partition coefficient (Wildman–Crippen LogP) is 2.11. The van der Waals surface area contributed by atoms with E-state index in [1.807, 2.05) is 0 Å². The molecule has 1 unspecified atom stereocenters. The van der Waals surface area contributed by atoms with Gasteiger partial charge >= 0.3 is 0 Å². The molecule has 0 N–H and O–H groups in total. The number of carbonyl (C=O) groups excluding carboxylic acids is 1. The second kappa shape index (κ2) is 6.90. The van der Waals surface area contributed by atoms with E-state index in [2.05, 4.69) is 15.2 Å². The Morgan fingerprint density at radius 3 is 2.74 bits per heavy atom. The molecule has 2 rings (SSSR count). The lowest BCUT2D eigenvalue weighted by Crippen LogP contribution is -2.42. The normalized spacial score (nSPS) is 13.0. The summed E-state index contributed by atoms with van der Waals surface area (Å²) in [7, 11) is 1.59. The molecule has 0 saturated heterocycles. The third-order valence-electron chi connectivity index (χ3n) is 3.10. The first-order valence-electron chi connectivity index (χ1n) is 6.73. The number of nitrogens with zero attached hydrogens (tertiary/aromatic N) is 4. The summed E-state index contributed by atoms with van der Waals surface area (Å²) in [5.41, 5.74) is -0.274. The van der Waals surface area contributed by atoms with E-state index in [0.717, 1.165) is 6.20 Å². The zero-order chi connectivity index (χ0) is 17.2. The quantitative estimate of drug-likeness (QED) is 0.766. The summed E-state index contributed by atoms with van der Waals surface area (Å²) < 4.78 is 24.6. The fourth-order valence-corrected chi connectivity index (χ4v) is 4.03.